The summed E-state index contributed by atoms with van der Waals surface area (Å²) in [7, 11) is 0. The minimum absolute atomic E-state index is 0.0171. The predicted octanol–water partition coefficient (Wildman–Crippen LogP) is 4.98. The molecule has 4 aromatic rings. The zero-order chi connectivity index (χ0) is 20.1. The van der Waals surface area contributed by atoms with E-state index in [9.17, 15) is 4.79 Å². The van der Waals surface area contributed by atoms with Crippen molar-refractivity contribution in [2.45, 2.75) is 27.0 Å². The van der Waals surface area contributed by atoms with Crippen LogP contribution in [0.25, 0.3) is 22.3 Å². The predicted molar refractivity (Wildman–Crippen MR) is 121 cm³/mol. The Morgan fingerprint density at radius 3 is 2.83 bits per heavy atom. The van der Waals surface area contributed by atoms with Crippen molar-refractivity contribution in [2.24, 2.45) is 0 Å². The average Bonchev–Trinajstić information content (AvgIpc) is 3.43. The first-order valence-electron chi connectivity index (χ1n) is 8.93. The highest BCUT2D eigenvalue weighted by atomic mass is 32.2. The van der Waals surface area contributed by atoms with Crippen LogP contribution in [-0.2, 0) is 4.79 Å². The molecule has 3 aromatic heterocycles. The molecule has 0 saturated carbocycles. The summed E-state index contributed by atoms with van der Waals surface area (Å²) in [6, 6.07) is 9.99. The molecular formula is C19H17N5OS4. The van der Waals surface area contributed by atoms with Gasteiger partial charge in [0.25, 0.3) is 0 Å². The van der Waals surface area contributed by atoms with Crippen LogP contribution in [0.3, 0.4) is 0 Å². The summed E-state index contributed by atoms with van der Waals surface area (Å²) in [5.41, 5.74) is 1.91. The quantitative estimate of drug-likeness (QED) is 0.294. The number of benzene rings is 1. The Kier molecular flexibility index (Phi) is 6.75. The highest BCUT2D eigenvalue weighted by molar-refractivity contribution is 8.03. The minimum Gasteiger partial charge on any atom is -0.355 e. The molecule has 0 radical (unpaired) electrons. The lowest BCUT2D eigenvalue weighted by atomic mass is 10.2. The maximum absolute atomic E-state index is 11.8. The average molecular weight is 460 g/mol. The summed E-state index contributed by atoms with van der Waals surface area (Å²) in [6.07, 6.45) is 0.927. The number of aromatic nitrogens is 4. The number of nitrogens with one attached hydrogen (secondary N) is 1. The van der Waals surface area contributed by atoms with Crippen molar-refractivity contribution in [3.05, 3.63) is 41.1 Å². The molecule has 4 rings (SSSR count). The second kappa shape index (κ2) is 9.66. The SMILES string of the molecule is CCCNC(=O)CSc1nnc(Sc2nc(-c3ccsc3)nc3ccccc23)s1. The van der Waals surface area contributed by atoms with E-state index in [0.717, 1.165) is 36.6 Å². The first-order valence-corrected chi connectivity index (χ1v) is 12.5. The molecule has 0 fully saturated rings. The van der Waals surface area contributed by atoms with Crippen molar-refractivity contribution in [1.29, 1.82) is 0 Å². The zero-order valence-electron chi connectivity index (χ0n) is 15.5. The molecule has 6 nitrogen and oxygen atoms in total. The smallest absolute Gasteiger partial charge is 0.230 e. The van der Waals surface area contributed by atoms with Gasteiger partial charge in [-0.25, -0.2) is 9.97 Å². The van der Waals surface area contributed by atoms with Crippen LogP contribution in [0.1, 0.15) is 13.3 Å². The number of para-hydroxylation sites is 1. The Balaban J connectivity index is 1.54. The fourth-order valence-corrected chi connectivity index (χ4v) is 5.98. The third kappa shape index (κ3) is 5.13. The minimum atomic E-state index is 0.0171. The van der Waals surface area contributed by atoms with Crippen molar-refractivity contribution in [3.63, 3.8) is 0 Å². The number of fused-ring (bicyclic) bond motifs is 1. The van der Waals surface area contributed by atoms with Crippen LogP contribution < -0.4 is 5.32 Å². The van der Waals surface area contributed by atoms with Crippen LogP contribution in [0.2, 0.25) is 0 Å². The van der Waals surface area contributed by atoms with Crippen LogP contribution in [0, 0.1) is 0 Å². The standard InChI is InChI=1S/C19H17N5OS4/c1-2-8-20-15(25)11-27-18-23-24-19(29-18)28-17-13-5-3-4-6-14(13)21-16(22-17)12-7-9-26-10-12/h3-7,9-10H,2,8,11H2,1H3,(H,20,25). The summed E-state index contributed by atoms with van der Waals surface area (Å²) in [5.74, 6) is 1.07. The number of hydrogen-bond donors (Lipinski definition) is 1. The van der Waals surface area contributed by atoms with Gasteiger partial charge in [0.15, 0.2) is 14.5 Å². The Bertz CT molecular complexity index is 1110. The van der Waals surface area contributed by atoms with Crippen LogP contribution in [0.4, 0.5) is 0 Å². The molecule has 0 saturated heterocycles. The molecule has 29 heavy (non-hydrogen) atoms. The van der Waals surface area contributed by atoms with Gasteiger partial charge in [-0.1, -0.05) is 48.2 Å². The number of rotatable bonds is 8. The van der Waals surface area contributed by atoms with E-state index >= 15 is 0 Å². The molecule has 1 N–H and O–H groups in total. The van der Waals surface area contributed by atoms with Crippen molar-refractivity contribution in [1.82, 2.24) is 25.5 Å². The molecule has 0 atom stereocenters. The van der Waals surface area contributed by atoms with Gasteiger partial charge in [-0.15, -0.1) is 10.2 Å². The molecule has 0 unspecified atom stereocenters. The van der Waals surface area contributed by atoms with E-state index in [-0.39, 0.29) is 5.91 Å². The number of hydrogen-bond acceptors (Lipinski definition) is 9. The van der Waals surface area contributed by atoms with E-state index in [1.165, 1.54) is 34.9 Å². The van der Waals surface area contributed by atoms with E-state index in [4.69, 9.17) is 9.97 Å². The lowest BCUT2D eigenvalue weighted by Gasteiger charge is -2.06. The molecule has 0 bridgehead atoms. The lowest BCUT2D eigenvalue weighted by molar-refractivity contribution is -0.118. The second-order valence-electron chi connectivity index (χ2n) is 5.96. The van der Waals surface area contributed by atoms with Crippen LogP contribution in [-0.4, -0.2) is 38.4 Å². The van der Waals surface area contributed by atoms with Gasteiger partial charge in [0.2, 0.25) is 5.91 Å². The van der Waals surface area contributed by atoms with E-state index in [1.54, 1.807) is 11.3 Å². The number of thioether (sulfide) groups is 1. The van der Waals surface area contributed by atoms with Gasteiger partial charge in [-0.3, -0.25) is 4.79 Å². The normalized spacial score (nSPS) is 11.1. The van der Waals surface area contributed by atoms with Crippen molar-refractivity contribution >= 4 is 63.0 Å². The van der Waals surface area contributed by atoms with E-state index < -0.39 is 0 Å². The van der Waals surface area contributed by atoms with Crippen molar-refractivity contribution in [3.8, 4) is 11.4 Å². The molecule has 3 heterocycles. The Hall–Kier alpha value is -2.01. The summed E-state index contributed by atoms with van der Waals surface area (Å²) >= 11 is 5.98. The number of carbonyl (C=O) groups is 1. The number of thiophene rings is 1. The zero-order valence-corrected chi connectivity index (χ0v) is 18.8. The maximum Gasteiger partial charge on any atom is 0.230 e. The van der Waals surface area contributed by atoms with E-state index in [1.807, 2.05) is 48.0 Å². The van der Waals surface area contributed by atoms with Crippen molar-refractivity contribution in [2.75, 3.05) is 12.3 Å². The van der Waals surface area contributed by atoms with Gasteiger partial charge < -0.3 is 5.32 Å². The molecule has 0 aliphatic rings. The highest BCUT2D eigenvalue weighted by Crippen LogP contribution is 2.36. The summed E-state index contributed by atoms with van der Waals surface area (Å²) in [5, 5.41) is 17.2. The van der Waals surface area contributed by atoms with Gasteiger partial charge in [0.05, 0.1) is 11.3 Å². The largest absolute Gasteiger partial charge is 0.355 e. The van der Waals surface area contributed by atoms with Gasteiger partial charge >= 0.3 is 0 Å². The number of carbonyl (C=O) groups excluding carboxylic acids is 1. The molecule has 0 spiro atoms. The van der Waals surface area contributed by atoms with Crippen LogP contribution >= 0.6 is 46.2 Å². The Morgan fingerprint density at radius 2 is 2.00 bits per heavy atom. The third-order valence-electron chi connectivity index (χ3n) is 3.82. The molecule has 0 aliphatic carbocycles. The summed E-state index contributed by atoms with van der Waals surface area (Å²) in [6.45, 7) is 2.73. The molecule has 1 aromatic carbocycles. The van der Waals surface area contributed by atoms with Crippen molar-refractivity contribution < 1.29 is 4.79 Å². The third-order valence-corrected chi connectivity index (χ3v) is 7.61. The Morgan fingerprint density at radius 1 is 1.14 bits per heavy atom. The molecule has 0 aliphatic heterocycles. The van der Waals surface area contributed by atoms with E-state index in [2.05, 4.69) is 15.5 Å². The van der Waals surface area contributed by atoms with Gasteiger partial charge in [0, 0.05) is 22.9 Å². The summed E-state index contributed by atoms with van der Waals surface area (Å²) < 4.78 is 1.57. The number of nitrogens with zero attached hydrogens (tertiary/aromatic N) is 4. The Labute approximate surface area is 184 Å². The van der Waals surface area contributed by atoms with Crippen LogP contribution in [0.5, 0.6) is 0 Å². The maximum atomic E-state index is 11.8. The second-order valence-corrected chi connectivity index (χ2v) is 10.2. The first-order chi connectivity index (χ1) is 14.2. The van der Waals surface area contributed by atoms with Crippen LogP contribution in [0.15, 0.2) is 54.8 Å². The molecule has 10 heteroatoms. The fourth-order valence-electron chi connectivity index (χ4n) is 2.47. The first kappa shape index (κ1) is 20.3. The number of amides is 1. The van der Waals surface area contributed by atoms with Gasteiger partial charge in [0.1, 0.15) is 5.03 Å². The van der Waals surface area contributed by atoms with E-state index in [0.29, 0.717) is 18.1 Å². The molecule has 1 amide bonds. The summed E-state index contributed by atoms with van der Waals surface area (Å²) in [4.78, 5) is 21.3. The fraction of sp³-hybridized carbons (Fsp3) is 0.211. The topological polar surface area (TPSA) is 80.7 Å². The van der Waals surface area contributed by atoms with Gasteiger partial charge in [-0.05, 0) is 35.7 Å². The highest BCUT2D eigenvalue weighted by Gasteiger charge is 2.14. The lowest BCUT2D eigenvalue weighted by Crippen LogP contribution is -2.25. The van der Waals surface area contributed by atoms with Gasteiger partial charge in [-0.2, -0.15) is 11.3 Å². The monoisotopic (exact) mass is 459 g/mol. The molecule has 148 valence electrons. The molecular weight excluding hydrogens is 443 g/mol.